The number of amides is 1. The van der Waals surface area contributed by atoms with Gasteiger partial charge in [0.1, 0.15) is 5.75 Å². The average molecular weight is 337 g/mol. The molecule has 1 N–H and O–H groups in total. The minimum atomic E-state index is -0.480. The maximum Gasteiger partial charge on any atom is 0.265 e. The van der Waals surface area contributed by atoms with E-state index in [0.29, 0.717) is 6.42 Å². The zero-order valence-electron chi connectivity index (χ0n) is 15.2. The van der Waals surface area contributed by atoms with Crippen LogP contribution in [0.5, 0.6) is 5.75 Å². The van der Waals surface area contributed by atoms with Crippen molar-refractivity contribution in [1.29, 1.82) is 0 Å². The second-order valence-corrected chi connectivity index (χ2v) is 6.65. The van der Waals surface area contributed by atoms with Crippen molar-refractivity contribution in [2.75, 3.05) is 5.32 Å². The van der Waals surface area contributed by atoms with Crippen molar-refractivity contribution >= 4 is 11.6 Å². The van der Waals surface area contributed by atoms with E-state index < -0.39 is 6.10 Å². The molecule has 0 aliphatic heterocycles. The number of hydrogen-bond donors (Lipinski definition) is 1. The molecule has 0 spiro atoms. The van der Waals surface area contributed by atoms with Crippen LogP contribution in [0.25, 0.3) is 0 Å². The molecule has 0 bridgehead atoms. The highest BCUT2D eigenvalue weighted by Gasteiger charge is 2.20. The Morgan fingerprint density at radius 2 is 1.84 bits per heavy atom. The summed E-state index contributed by atoms with van der Waals surface area (Å²) in [6.45, 7) is 4.07. The van der Waals surface area contributed by atoms with Crippen molar-refractivity contribution < 1.29 is 9.53 Å². The number of para-hydroxylation sites is 1. The Morgan fingerprint density at radius 3 is 2.60 bits per heavy atom. The molecule has 0 saturated heterocycles. The maximum absolute atomic E-state index is 12.7. The monoisotopic (exact) mass is 337 g/mol. The smallest absolute Gasteiger partial charge is 0.265 e. The van der Waals surface area contributed by atoms with E-state index in [1.165, 1.54) is 24.0 Å². The van der Waals surface area contributed by atoms with Gasteiger partial charge in [0, 0.05) is 5.69 Å². The van der Waals surface area contributed by atoms with E-state index in [9.17, 15) is 4.79 Å². The Labute approximate surface area is 150 Å². The van der Waals surface area contributed by atoms with Gasteiger partial charge in [0.05, 0.1) is 0 Å². The molecule has 0 heterocycles. The third-order valence-corrected chi connectivity index (χ3v) is 4.92. The van der Waals surface area contributed by atoms with Crippen LogP contribution in [0, 0.1) is 0 Å². The number of benzene rings is 2. The van der Waals surface area contributed by atoms with Crippen molar-refractivity contribution in [2.45, 2.75) is 58.5 Å². The Bertz CT molecular complexity index is 739. The van der Waals surface area contributed by atoms with E-state index in [2.05, 4.69) is 24.4 Å². The largest absolute Gasteiger partial charge is 0.481 e. The zero-order valence-corrected chi connectivity index (χ0v) is 15.2. The quantitative estimate of drug-likeness (QED) is 0.812. The lowest BCUT2D eigenvalue weighted by atomic mass is 9.92. The molecular weight excluding hydrogens is 310 g/mol. The van der Waals surface area contributed by atoms with Crippen molar-refractivity contribution in [1.82, 2.24) is 0 Å². The van der Waals surface area contributed by atoms with E-state index >= 15 is 0 Å². The molecule has 0 fully saturated rings. The second kappa shape index (κ2) is 8.19. The first-order valence-electron chi connectivity index (χ1n) is 9.38. The van der Waals surface area contributed by atoms with Crippen molar-refractivity contribution in [3.05, 3.63) is 59.2 Å². The number of fused-ring (bicyclic) bond motifs is 1. The fraction of sp³-hybridized carbons (Fsp3) is 0.409. The number of carbonyl (C=O) groups is 1. The summed E-state index contributed by atoms with van der Waals surface area (Å²) >= 11 is 0. The van der Waals surface area contributed by atoms with Crippen LogP contribution < -0.4 is 10.1 Å². The molecule has 0 aromatic heterocycles. The molecule has 3 rings (SSSR count). The summed E-state index contributed by atoms with van der Waals surface area (Å²) in [4.78, 5) is 12.7. The van der Waals surface area contributed by atoms with Gasteiger partial charge in [-0.15, -0.1) is 0 Å². The van der Waals surface area contributed by atoms with Gasteiger partial charge in [-0.25, -0.2) is 0 Å². The van der Waals surface area contributed by atoms with Gasteiger partial charge in [-0.1, -0.05) is 38.1 Å². The normalized spacial score (nSPS) is 14.5. The summed E-state index contributed by atoms with van der Waals surface area (Å²) in [5, 5.41) is 3.03. The van der Waals surface area contributed by atoms with Crippen LogP contribution in [-0.4, -0.2) is 12.0 Å². The molecule has 25 heavy (non-hydrogen) atoms. The van der Waals surface area contributed by atoms with E-state index in [1.807, 2.05) is 37.3 Å². The van der Waals surface area contributed by atoms with Crippen LogP contribution in [0.3, 0.4) is 0 Å². The van der Waals surface area contributed by atoms with Gasteiger partial charge in [0.15, 0.2) is 6.10 Å². The van der Waals surface area contributed by atoms with Crippen molar-refractivity contribution in [3.63, 3.8) is 0 Å². The van der Waals surface area contributed by atoms with E-state index in [1.54, 1.807) is 0 Å². The fourth-order valence-electron chi connectivity index (χ4n) is 3.43. The third kappa shape index (κ3) is 4.22. The molecule has 1 unspecified atom stereocenters. The molecule has 1 amide bonds. The van der Waals surface area contributed by atoms with Gasteiger partial charge in [0.2, 0.25) is 0 Å². The summed E-state index contributed by atoms with van der Waals surface area (Å²) in [5.41, 5.74) is 4.81. The molecule has 0 saturated carbocycles. The molecular formula is C22H27NO2. The van der Waals surface area contributed by atoms with Gasteiger partial charge < -0.3 is 10.1 Å². The standard InChI is InChI=1S/C22H27NO2/c1-3-16-9-7-8-12-20(16)23-22(24)21(4-2)25-19-14-13-17-10-5-6-11-18(17)15-19/h7-9,12-15,21H,3-6,10-11H2,1-2H3,(H,23,24). The van der Waals surface area contributed by atoms with Crippen molar-refractivity contribution in [2.24, 2.45) is 0 Å². The zero-order chi connectivity index (χ0) is 17.6. The molecule has 3 heteroatoms. The lowest BCUT2D eigenvalue weighted by Crippen LogP contribution is -2.32. The van der Waals surface area contributed by atoms with Gasteiger partial charge in [-0.05, 0) is 73.4 Å². The molecule has 1 aliphatic carbocycles. The van der Waals surface area contributed by atoms with E-state index in [-0.39, 0.29) is 5.91 Å². The molecule has 1 atom stereocenters. The highest BCUT2D eigenvalue weighted by molar-refractivity contribution is 5.95. The Hall–Kier alpha value is -2.29. The minimum absolute atomic E-state index is 0.0823. The van der Waals surface area contributed by atoms with Crippen molar-refractivity contribution in [3.8, 4) is 5.75 Å². The number of hydrogen-bond acceptors (Lipinski definition) is 2. The Kier molecular flexibility index (Phi) is 5.75. The average Bonchev–Trinajstić information content (AvgIpc) is 2.66. The van der Waals surface area contributed by atoms with E-state index in [4.69, 9.17) is 4.74 Å². The Balaban J connectivity index is 1.70. The lowest BCUT2D eigenvalue weighted by molar-refractivity contribution is -0.122. The van der Waals surface area contributed by atoms with Crippen LogP contribution >= 0.6 is 0 Å². The van der Waals surface area contributed by atoms with Gasteiger partial charge >= 0.3 is 0 Å². The van der Waals surface area contributed by atoms with E-state index in [0.717, 1.165) is 36.3 Å². The summed E-state index contributed by atoms with van der Waals surface area (Å²) in [5.74, 6) is 0.715. The number of ether oxygens (including phenoxy) is 1. The summed E-state index contributed by atoms with van der Waals surface area (Å²) in [7, 11) is 0. The maximum atomic E-state index is 12.7. The molecule has 132 valence electrons. The molecule has 2 aromatic carbocycles. The summed E-state index contributed by atoms with van der Waals surface area (Å²) in [6, 6.07) is 14.2. The van der Waals surface area contributed by atoms with Crippen LogP contribution in [0.2, 0.25) is 0 Å². The molecule has 0 radical (unpaired) electrons. The topological polar surface area (TPSA) is 38.3 Å². The third-order valence-electron chi connectivity index (χ3n) is 4.92. The number of rotatable bonds is 6. The highest BCUT2D eigenvalue weighted by atomic mass is 16.5. The number of anilines is 1. The van der Waals surface area contributed by atoms with Crippen LogP contribution in [-0.2, 0) is 24.1 Å². The SMILES string of the molecule is CCc1ccccc1NC(=O)C(CC)Oc1ccc2c(c1)CCCC2. The first-order valence-corrected chi connectivity index (χ1v) is 9.38. The fourth-order valence-corrected chi connectivity index (χ4v) is 3.43. The minimum Gasteiger partial charge on any atom is -0.481 e. The highest BCUT2D eigenvalue weighted by Crippen LogP contribution is 2.26. The first-order chi connectivity index (χ1) is 12.2. The van der Waals surface area contributed by atoms with Crippen LogP contribution in [0.4, 0.5) is 5.69 Å². The predicted molar refractivity (Wildman–Crippen MR) is 102 cm³/mol. The molecule has 1 aliphatic rings. The van der Waals surface area contributed by atoms with Gasteiger partial charge in [0.25, 0.3) is 5.91 Å². The van der Waals surface area contributed by atoms with Crippen LogP contribution in [0.1, 0.15) is 49.8 Å². The molecule has 3 nitrogen and oxygen atoms in total. The number of nitrogens with one attached hydrogen (secondary N) is 1. The van der Waals surface area contributed by atoms with Gasteiger partial charge in [-0.3, -0.25) is 4.79 Å². The van der Waals surface area contributed by atoms with Crippen LogP contribution in [0.15, 0.2) is 42.5 Å². The lowest BCUT2D eigenvalue weighted by Gasteiger charge is -2.21. The summed E-state index contributed by atoms with van der Waals surface area (Å²) < 4.78 is 6.03. The molecule has 2 aromatic rings. The summed E-state index contributed by atoms with van der Waals surface area (Å²) in [6.07, 6.45) is 5.81. The first kappa shape index (κ1) is 17.5. The number of aryl methyl sites for hydroxylation is 3. The number of carbonyl (C=O) groups excluding carboxylic acids is 1. The Morgan fingerprint density at radius 1 is 1.08 bits per heavy atom. The second-order valence-electron chi connectivity index (χ2n) is 6.65. The van der Waals surface area contributed by atoms with Gasteiger partial charge in [-0.2, -0.15) is 0 Å². The predicted octanol–water partition coefficient (Wildman–Crippen LogP) is 4.92.